The van der Waals surface area contributed by atoms with E-state index in [1.54, 1.807) is 6.92 Å². The van der Waals surface area contributed by atoms with Crippen molar-refractivity contribution in [2.24, 2.45) is 0 Å². The molecular formula is C10H13NO6. The van der Waals surface area contributed by atoms with Crippen LogP contribution in [-0.2, 0) is 14.3 Å². The maximum absolute atomic E-state index is 11.5. The van der Waals surface area contributed by atoms with Crippen molar-refractivity contribution in [2.75, 3.05) is 19.7 Å². The van der Waals surface area contributed by atoms with Crippen LogP contribution in [0.5, 0.6) is 0 Å². The molecule has 0 bridgehead atoms. The summed E-state index contributed by atoms with van der Waals surface area (Å²) in [6.07, 6.45) is -1.25. The lowest BCUT2D eigenvalue weighted by atomic mass is 10.0. The zero-order valence-electron chi connectivity index (χ0n) is 9.30. The number of nitrogens with zero attached hydrogens (tertiary/aromatic N) is 1. The van der Waals surface area contributed by atoms with Gasteiger partial charge in [0.1, 0.15) is 0 Å². The fourth-order valence-corrected chi connectivity index (χ4v) is 1.44. The van der Waals surface area contributed by atoms with Crippen molar-refractivity contribution < 1.29 is 29.3 Å². The molecule has 1 saturated heterocycles. The van der Waals surface area contributed by atoms with Crippen LogP contribution in [0.15, 0.2) is 11.3 Å². The summed E-state index contributed by atoms with van der Waals surface area (Å²) in [5.74, 6) is -2.25. The Morgan fingerprint density at radius 2 is 2.06 bits per heavy atom. The summed E-state index contributed by atoms with van der Waals surface area (Å²) in [5.41, 5.74) is -0.211. The number of Topliss-reactive ketones (excluding diaryl/α,β-unsaturated/α-hetero) is 1. The molecule has 0 saturated carbocycles. The molecule has 0 radical (unpaired) electrons. The van der Waals surface area contributed by atoms with Gasteiger partial charge in [-0.05, 0) is 6.92 Å². The van der Waals surface area contributed by atoms with Gasteiger partial charge in [-0.15, -0.1) is 0 Å². The number of carbonyl (C=O) groups excluding carboxylic acids is 2. The first-order valence-electron chi connectivity index (χ1n) is 5.07. The number of piperidine rings is 1. The maximum Gasteiger partial charge on any atom is 0.407 e. The van der Waals surface area contributed by atoms with E-state index >= 15 is 0 Å². The lowest BCUT2D eigenvalue weighted by Gasteiger charge is -2.25. The number of rotatable bonds is 2. The van der Waals surface area contributed by atoms with Crippen LogP contribution in [-0.4, -0.2) is 52.7 Å². The van der Waals surface area contributed by atoms with Crippen LogP contribution < -0.4 is 0 Å². The zero-order valence-corrected chi connectivity index (χ0v) is 9.30. The highest BCUT2D eigenvalue weighted by Crippen LogP contribution is 2.16. The number of amides is 1. The van der Waals surface area contributed by atoms with Gasteiger partial charge in [0, 0.05) is 13.0 Å². The third kappa shape index (κ3) is 2.96. The van der Waals surface area contributed by atoms with Gasteiger partial charge in [-0.1, -0.05) is 0 Å². The molecular weight excluding hydrogens is 230 g/mol. The Labute approximate surface area is 97.3 Å². The number of carboxylic acid groups (broad SMARTS) is 1. The third-order valence-corrected chi connectivity index (χ3v) is 2.32. The number of aliphatic hydroxyl groups excluding tert-OH is 1. The molecule has 0 atom stereocenters. The van der Waals surface area contributed by atoms with Gasteiger partial charge >= 0.3 is 12.1 Å². The minimum absolute atomic E-state index is 0.0505. The van der Waals surface area contributed by atoms with Gasteiger partial charge in [0.05, 0.1) is 18.7 Å². The van der Waals surface area contributed by atoms with Crippen molar-refractivity contribution in [3.63, 3.8) is 0 Å². The Kier molecular flexibility index (Phi) is 4.08. The average molecular weight is 243 g/mol. The van der Waals surface area contributed by atoms with Gasteiger partial charge in [-0.25, -0.2) is 9.59 Å². The second-order valence-electron chi connectivity index (χ2n) is 3.42. The Hall–Kier alpha value is -2.05. The molecule has 2 N–H and O–H groups in total. The van der Waals surface area contributed by atoms with E-state index in [1.807, 2.05) is 0 Å². The minimum atomic E-state index is -1.20. The second kappa shape index (κ2) is 5.33. The van der Waals surface area contributed by atoms with Gasteiger partial charge in [-0.3, -0.25) is 4.79 Å². The normalized spacial score (nSPS) is 18.9. The number of carbonyl (C=O) groups is 3. The summed E-state index contributed by atoms with van der Waals surface area (Å²) in [7, 11) is 0. The highest BCUT2D eigenvalue weighted by atomic mass is 16.5. The molecule has 17 heavy (non-hydrogen) atoms. The monoisotopic (exact) mass is 243 g/mol. The van der Waals surface area contributed by atoms with Crippen LogP contribution in [0.1, 0.15) is 13.3 Å². The minimum Gasteiger partial charge on any atom is -0.501 e. The van der Waals surface area contributed by atoms with Crippen molar-refractivity contribution in [1.29, 1.82) is 0 Å². The molecule has 1 aliphatic rings. The molecule has 0 aromatic rings. The first kappa shape index (κ1) is 13.0. The Bertz CT molecular complexity index is 386. The Balaban J connectivity index is 2.92. The smallest absolute Gasteiger partial charge is 0.407 e. The van der Waals surface area contributed by atoms with Crippen molar-refractivity contribution in [3.05, 3.63) is 11.3 Å². The Morgan fingerprint density at radius 3 is 2.59 bits per heavy atom. The number of hydrogen-bond donors (Lipinski definition) is 2. The van der Waals surface area contributed by atoms with Crippen molar-refractivity contribution >= 4 is 17.8 Å². The maximum atomic E-state index is 11.5. The largest absolute Gasteiger partial charge is 0.501 e. The number of hydrogen-bond acceptors (Lipinski definition) is 5. The highest BCUT2D eigenvalue weighted by molar-refractivity contribution is 6.04. The van der Waals surface area contributed by atoms with Crippen molar-refractivity contribution in [2.45, 2.75) is 13.3 Å². The quantitative estimate of drug-likeness (QED) is 0.411. The van der Waals surface area contributed by atoms with Gasteiger partial charge < -0.3 is 19.8 Å². The van der Waals surface area contributed by atoms with E-state index in [-0.39, 0.29) is 31.7 Å². The van der Waals surface area contributed by atoms with Crippen LogP contribution in [0.3, 0.4) is 0 Å². The molecule has 1 rings (SSSR count). The molecule has 1 aliphatic heterocycles. The molecule has 0 aromatic heterocycles. The standard InChI is InChI=1S/C10H13NO6/c1-2-17-9(14)8(13)6-5-11(10(15)16)4-3-7(6)12/h13H,2-5H2,1H3,(H,15,16)/b8-6-. The van der Waals surface area contributed by atoms with Gasteiger partial charge in [0.2, 0.25) is 5.76 Å². The average Bonchev–Trinajstić information content (AvgIpc) is 2.28. The fraction of sp³-hybridized carbons (Fsp3) is 0.500. The number of likely N-dealkylation sites (tertiary alicyclic amines) is 1. The van der Waals surface area contributed by atoms with Gasteiger partial charge in [-0.2, -0.15) is 0 Å². The molecule has 7 heteroatoms. The van der Waals surface area contributed by atoms with E-state index in [9.17, 15) is 19.5 Å². The van der Waals surface area contributed by atoms with E-state index in [1.165, 1.54) is 0 Å². The van der Waals surface area contributed by atoms with Gasteiger partial charge in [0.15, 0.2) is 5.78 Å². The summed E-state index contributed by atoms with van der Waals surface area (Å²) in [6, 6.07) is 0. The summed E-state index contributed by atoms with van der Waals surface area (Å²) in [5, 5.41) is 18.3. The summed E-state index contributed by atoms with van der Waals surface area (Å²) in [4.78, 5) is 34.4. The van der Waals surface area contributed by atoms with Crippen LogP contribution >= 0.6 is 0 Å². The van der Waals surface area contributed by atoms with Crippen LogP contribution in [0.4, 0.5) is 4.79 Å². The van der Waals surface area contributed by atoms with Crippen molar-refractivity contribution in [3.8, 4) is 0 Å². The molecule has 1 fully saturated rings. The van der Waals surface area contributed by atoms with E-state index in [4.69, 9.17) is 5.11 Å². The summed E-state index contributed by atoms with van der Waals surface area (Å²) < 4.78 is 4.54. The van der Waals surface area contributed by atoms with Crippen LogP contribution in [0, 0.1) is 0 Å². The molecule has 94 valence electrons. The lowest BCUT2D eigenvalue weighted by Crippen LogP contribution is -2.40. The zero-order chi connectivity index (χ0) is 13.0. The highest BCUT2D eigenvalue weighted by Gasteiger charge is 2.29. The predicted octanol–water partition coefficient (Wildman–Crippen LogP) is 0.314. The van der Waals surface area contributed by atoms with E-state index in [0.29, 0.717) is 0 Å². The van der Waals surface area contributed by atoms with Crippen LogP contribution in [0.2, 0.25) is 0 Å². The summed E-state index contributed by atoms with van der Waals surface area (Å²) in [6.45, 7) is 1.39. The molecule has 7 nitrogen and oxygen atoms in total. The number of esters is 1. The predicted molar refractivity (Wildman–Crippen MR) is 55.5 cm³/mol. The van der Waals surface area contributed by atoms with Gasteiger partial charge in [0.25, 0.3) is 0 Å². The molecule has 0 aliphatic carbocycles. The molecule has 0 spiro atoms. The number of ether oxygens (including phenoxy) is 1. The van der Waals surface area contributed by atoms with Crippen molar-refractivity contribution in [1.82, 2.24) is 4.90 Å². The molecule has 0 aromatic carbocycles. The lowest BCUT2D eigenvalue weighted by molar-refractivity contribution is -0.142. The first-order chi connectivity index (χ1) is 7.97. The van der Waals surface area contributed by atoms with E-state index in [2.05, 4.69) is 4.74 Å². The molecule has 1 amide bonds. The second-order valence-corrected chi connectivity index (χ2v) is 3.42. The van der Waals surface area contributed by atoms with E-state index in [0.717, 1.165) is 4.90 Å². The SMILES string of the molecule is CCOC(=O)/C(O)=C1\CN(C(=O)O)CCC1=O. The molecule has 0 unspecified atom stereocenters. The summed E-state index contributed by atoms with van der Waals surface area (Å²) >= 11 is 0. The number of aliphatic hydroxyl groups is 1. The molecule has 1 heterocycles. The Morgan fingerprint density at radius 1 is 1.41 bits per heavy atom. The van der Waals surface area contributed by atoms with E-state index < -0.39 is 23.6 Å². The number of ketones is 1. The topological polar surface area (TPSA) is 104 Å². The third-order valence-electron chi connectivity index (χ3n) is 2.32. The van der Waals surface area contributed by atoms with Crippen LogP contribution in [0.25, 0.3) is 0 Å². The first-order valence-corrected chi connectivity index (χ1v) is 5.07. The fourth-order valence-electron chi connectivity index (χ4n) is 1.44.